The lowest BCUT2D eigenvalue weighted by molar-refractivity contribution is 0.102. The van der Waals surface area contributed by atoms with Crippen LogP contribution in [0.15, 0.2) is 60.7 Å². The number of hydrogen-bond donors (Lipinski definition) is 2. The molecule has 0 spiro atoms. The van der Waals surface area contributed by atoms with Gasteiger partial charge in [-0.3, -0.25) is 4.79 Å². The standard InChI is InChI=1S/C20H19FN4O2/c1-13(2)27-18-10-6-5-9-16(18)23-20(26)17-11-12-19(25-24-17)22-15-8-4-3-7-14(15)21/h3-13H,1-2H3,(H,22,25)(H,23,26). The molecule has 2 N–H and O–H groups in total. The van der Waals surface area contributed by atoms with Gasteiger partial charge in [-0.05, 0) is 50.2 Å². The van der Waals surface area contributed by atoms with Crippen molar-refractivity contribution in [1.82, 2.24) is 10.2 Å². The summed E-state index contributed by atoms with van der Waals surface area (Å²) in [5.74, 6) is 0.0921. The van der Waals surface area contributed by atoms with E-state index in [1.807, 2.05) is 19.9 Å². The van der Waals surface area contributed by atoms with Crippen molar-refractivity contribution in [1.29, 1.82) is 0 Å². The third-order valence-electron chi connectivity index (χ3n) is 3.53. The first-order chi connectivity index (χ1) is 13.0. The van der Waals surface area contributed by atoms with Crippen LogP contribution in [-0.4, -0.2) is 22.2 Å². The highest BCUT2D eigenvalue weighted by molar-refractivity contribution is 6.03. The maximum Gasteiger partial charge on any atom is 0.276 e. The Morgan fingerprint density at radius 2 is 1.67 bits per heavy atom. The predicted octanol–water partition coefficient (Wildman–Crippen LogP) is 4.40. The highest BCUT2D eigenvalue weighted by Gasteiger charge is 2.13. The molecule has 0 saturated carbocycles. The first-order valence-corrected chi connectivity index (χ1v) is 8.45. The van der Waals surface area contributed by atoms with Gasteiger partial charge in [0.1, 0.15) is 11.6 Å². The zero-order chi connectivity index (χ0) is 19.2. The van der Waals surface area contributed by atoms with Crippen molar-refractivity contribution in [3.8, 4) is 5.75 Å². The van der Waals surface area contributed by atoms with E-state index in [-0.39, 0.29) is 17.5 Å². The molecule has 6 nitrogen and oxygen atoms in total. The van der Waals surface area contributed by atoms with Crippen LogP contribution >= 0.6 is 0 Å². The fraction of sp³-hybridized carbons (Fsp3) is 0.150. The molecule has 138 valence electrons. The quantitative estimate of drug-likeness (QED) is 0.676. The molecular formula is C20H19FN4O2. The number of rotatable bonds is 6. The van der Waals surface area contributed by atoms with Gasteiger partial charge in [0, 0.05) is 0 Å². The van der Waals surface area contributed by atoms with Crippen LogP contribution in [0.3, 0.4) is 0 Å². The van der Waals surface area contributed by atoms with Crippen molar-refractivity contribution in [3.63, 3.8) is 0 Å². The van der Waals surface area contributed by atoms with Gasteiger partial charge in [0.2, 0.25) is 0 Å². The SMILES string of the molecule is CC(C)Oc1ccccc1NC(=O)c1ccc(Nc2ccccc2F)nn1. The van der Waals surface area contributed by atoms with Gasteiger partial charge in [-0.15, -0.1) is 10.2 Å². The molecule has 1 heterocycles. The molecule has 1 amide bonds. The van der Waals surface area contributed by atoms with Crippen LogP contribution in [0, 0.1) is 5.82 Å². The van der Waals surface area contributed by atoms with E-state index in [1.54, 1.807) is 42.5 Å². The summed E-state index contributed by atoms with van der Waals surface area (Å²) >= 11 is 0. The number of halogens is 1. The van der Waals surface area contributed by atoms with Crippen molar-refractivity contribution in [2.24, 2.45) is 0 Å². The van der Waals surface area contributed by atoms with Crippen LogP contribution in [0.2, 0.25) is 0 Å². The number of para-hydroxylation sites is 3. The lowest BCUT2D eigenvalue weighted by Gasteiger charge is -2.14. The monoisotopic (exact) mass is 366 g/mol. The summed E-state index contributed by atoms with van der Waals surface area (Å²) in [5.41, 5.74) is 0.962. The minimum Gasteiger partial charge on any atom is -0.489 e. The fourth-order valence-electron chi connectivity index (χ4n) is 2.33. The number of carbonyl (C=O) groups excluding carboxylic acids is 1. The summed E-state index contributed by atoms with van der Waals surface area (Å²) in [7, 11) is 0. The average molecular weight is 366 g/mol. The Kier molecular flexibility index (Phi) is 5.61. The number of amides is 1. The Balaban J connectivity index is 1.70. The molecule has 3 rings (SSSR count). The van der Waals surface area contributed by atoms with Crippen molar-refractivity contribution < 1.29 is 13.9 Å². The fourth-order valence-corrected chi connectivity index (χ4v) is 2.33. The molecule has 1 aromatic heterocycles. The molecule has 0 unspecified atom stereocenters. The lowest BCUT2D eigenvalue weighted by atomic mass is 10.2. The van der Waals surface area contributed by atoms with E-state index in [0.717, 1.165) is 0 Å². The van der Waals surface area contributed by atoms with Crippen molar-refractivity contribution >= 4 is 23.1 Å². The summed E-state index contributed by atoms with van der Waals surface area (Å²) in [6.45, 7) is 3.82. The lowest BCUT2D eigenvalue weighted by Crippen LogP contribution is -2.16. The summed E-state index contributed by atoms with van der Waals surface area (Å²) < 4.78 is 19.3. The summed E-state index contributed by atoms with van der Waals surface area (Å²) in [6, 6.07) is 16.5. The number of nitrogens with zero attached hydrogens (tertiary/aromatic N) is 2. The molecule has 27 heavy (non-hydrogen) atoms. The van der Waals surface area contributed by atoms with E-state index >= 15 is 0 Å². The zero-order valence-corrected chi connectivity index (χ0v) is 14.9. The Hall–Kier alpha value is -3.48. The number of aromatic nitrogens is 2. The first-order valence-electron chi connectivity index (χ1n) is 8.45. The van der Waals surface area contributed by atoms with E-state index in [0.29, 0.717) is 17.3 Å². The highest BCUT2D eigenvalue weighted by atomic mass is 19.1. The molecule has 3 aromatic rings. The van der Waals surface area contributed by atoms with Crippen molar-refractivity contribution in [3.05, 3.63) is 72.2 Å². The smallest absolute Gasteiger partial charge is 0.276 e. The summed E-state index contributed by atoms with van der Waals surface area (Å²) in [6.07, 6.45) is -0.0217. The van der Waals surface area contributed by atoms with E-state index in [2.05, 4.69) is 20.8 Å². The minimum absolute atomic E-state index is 0.0217. The third kappa shape index (κ3) is 4.78. The van der Waals surface area contributed by atoms with Gasteiger partial charge in [0.25, 0.3) is 5.91 Å². The van der Waals surface area contributed by atoms with Crippen LogP contribution in [-0.2, 0) is 0 Å². The Morgan fingerprint density at radius 1 is 0.963 bits per heavy atom. The average Bonchev–Trinajstić information content (AvgIpc) is 2.65. The first kappa shape index (κ1) is 18.3. The topological polar surface area (TPSA) is 76.1 Å². The van der Waals surface area contributed by atoms with Gasteiger partial charge in [0.05, 0.1) is 17.5 Å². The van der Waals surface area contributed by atoms with Crippen molar-refractivity contribution in [2.75, 3.05) is 10.6 Å². The number of ether oxygens (including phenoxy) is 1. The second kappa shape index (κ2) is 8.27. The third-order valence-corrected chi connectivity index (χ3v) is 3.53. The largest absolute Gasteiger partial charge is 0.489 e. The zero-order valence-electron chi connectivity index (χ0n) is 14.9. The minimum atomic E-state index is -0.417. The molecule has 0 fully saturated rings. The normalized spacial score (nSPS) is 10.5. The molecule has 0 aliphatic carbocycles. The maximum atomic E-state index is 13.7. The van der Waals surface area contributed by atoms with Crippen LogP contribution in [0.4, 0.5) is 21.6 Å². The number of carbonyl (C=O) groups is 1. The van der Waals surface area contributed by atoms with Gasteiger partial charge in [-0.25, -0.2) is 4.39 Å². The van der Waals surface area contributed by atoms with Crippen LogP contribution in [0.25, 0.3) is 0 Å². The number of hydrogen-bond acceptors (Lipinski definition) is 5. The second-order valence-corrected chi connectivity index (χ2v) is 6.03. The summed E-state index contributed by atoms with van der Waals surface area (Å²) in [5, 5.41) is 13.4. The van der Waals surface area contributed by atoms with Gasteiger partial charge >= 0.3 is 0 Å². The highest BCUT2D eigenvalue weighted by Crippen LogP contribution is 2.25. The molecule has 0 atom stereocenters. The van der Waals surface area contributed by atoms with Gasteiger partial charge in [-0.2, -0.15) is 0 Å². The molecule has 0 bridgehead atoms. The van der Waals surface area contributed by atoms with Crippen molar-refractivity contribution in [2.45, 2.75) is 20.0 Å². The van der Waals surface area contributed by atoms with Crippen LogP contribution < -0.4 is 15.4 Å². The molecule has 0 radical (unpaired) electrons. The van der Waals surface area contributed by atoms with Gasteiger partial charge < -0.3 is 15.4 Å². The Bertz CT molecular complexity index is 929. The van der Waals surface area contributed by atoms with E-state index in [1.165, 1.54) is 12.1 Å². The number of anilines is 3. The molecule has 2 aromatic carbocycles. The molecular weight excluding hydrogens is 347 g/mol. The number of benzene rings is 2. The van der Waals surface area contributed by atoms with Crippen LogP contribution in [0.1, 0.15) is 24.3 Å². The van der Waals surface area contributed by atoms with E-state index in [4.69, 9.17) is 4.74 Å². The second-order valence-electron chi connectivity index (χ2n) is 6.03. The molecule has 7 heteroatoms. The van der Waals surface area contributed by atoms with Gasteiger partial charge in [-0.1, -0.05) is 24.3 Å². The van der Waals surface area contributed by atoms with E-state index in [9.17, 15) is 9.18 Å². The van der Waals surface area contributed by atoms with E-state index < -0.39 is 11.7 Å². The molecule has 0 saturated heterocycles. The molecule has 0 aliphatic heterocycles. The Labute approximate surface area is 156 Å². The van der Waals surface area contributed by atoms with Crippen LogP contribution in [0.5, 0.6) is 5.75 Å². The Morgan fingerprint density at radius 3 is 2.33 bits per heavy atom. The maximum absolute atomic E-state index is 13.7. The van der Waals surface area contributed by atoms with Gasteiger partial charge in [0.15, 0.2) is 11.5 Å². The molecule has 0 aliphatic rings. The summed E-state index contributed by atoms with van der Waals surface area (Å²) in [4.78, 5) is 12.4. The number of nitrogens with one attached hydrogen (secondary N) is 2. The predicted molar refractivity (Wildman–Crippen MR) is 102 cm³/mol.